The first kappa shape index (κ1) is 27.6. The lowest BCUT2D eigenvalue weighted by atomic mass is 10.0. The Labute approximate surface area is 225 Å². The van der Waals surface area contributed by atoms with E-state index in [1.54, 1.807) is 13.0 Å². The highest BCUT2D eigenvalue weighted by molar-refractivity contribution is 5.86. The van der Waals surface area contributed by atoms with Crippen LogP contribution in [0.4, 0.5) is 14.7 Å². The Bertz CT molecular complexity index is 1430. The molecule has 0 radical (unpaired) electrons. The molecule has 5 rings (SSSR count). The van der Waals surface area contributed by atoms with Crippen LogP contribution in [0.2, 0.25) is 0 Å². The van der Waals surface area contributed by atoms with Crippen LogP contribution in [-0.2, 0) is 11.3 Å². The zero-order valence-electron chi connectivity index (χ0n) is 22.5. The van der Waals surface area contributed by atoms with E-state index in [4.69, 9.17) is 4.74 Å². The van der Waals surface area contributed by atoms with Crippen LogP contribution in [0.1, 0.15) is 50.4 Å². The van der Waals surface area contributed by atoms with Gasteiger partial charge in [0, 0.05) is 42.6 Å². The SMILES string of the molecule is Cc1c(CN2CCC[C@H](O)C2)n(C(C)C)c2cc(-c3nc(N[C@@H]4CCOC[C@H]4O)ncc3F)cc(F)c2c1=O. The number of fused-ring (bicyclic) bond motifs is 1. The maximum absolute atomic E-state index is 15.6. The number of ether oxygens (including phenoxy) is 1. The van der Waals surface area contributed by atoms with Gasteiger partial charge in [0.25, 0.3) is 0 Å². The van der Waals surface area contributed by atoms with Crippen LogP contribution < -0.4 is 10.7 Å². The van der Waals surface area contributed by atoms with E-state index in [2.05, 4.69) is 20.2 Å². The number of anilines is 1. The Balaban J connectivity index is 1.61. The maximum atomic E-state index is 15.6. The number of piperidine rings is 1. The number of aromatic nitrogens is 3. The number of nitrogens with one attached hydrogen (secondary N) is 1. The lowest BCUT2D eigenvalue weighted by Crippen LogP contribution is -2.42. The number of aliphatic hydroxyl groups is 2. The molecule has 1 aromatic carbocycles. The Morgan fingerprint density at radius 3 is 2.72 bits per heavy atom. The second-order valence-electron chi connectivity index (χ2n) is 10.8. The van der Waals surface area contributed by atoms with Crippen LogP contribution in [0, 0.1) is 18.6 Å². The van der Waals surface area contributed by atoms with Gasteiger partial charge in [-0.15, -0.1) is 0 Å². The van der Waals surface area contributed by atoms with Gasteiger partial charge in [0.15, 0.2) is 11.2 Å². The number of aliphatic hydroxyl groups excluding tert-OH is 2. The average molecular weight is 544 g/mol. The predicted octanol–water partition coefficient (Wildman–Crippen LogP) is 3.14. The molecule has 0 spiro atoms. The van der Waals surface area contributed by atoms with Gasteiger partial charge in [-0.05, 0) is 58.7 Å². The summed E-state index contributed by atoms with van der Waals surface area (Å²) in [7, 11) is 0. The van der Waals surface area contributed by atoms with Gasteiger partial charge < -0.3 is 24.8 Å². The Kier molecular flexibility index (Phi) is 7.95. The minimum atomic E-state index is -0.767. The molecule has 3 aromatic rings. The smallest absolute Gasteiger partial charge is 0.223 e. The zero-order chi connectivity index (χ0) is 27.8. The van der Waals surface area contributed by atoms with Crippen molar-refractivity contribution in [1.82, 2.24) is 19.4 Å². The first-order chi connectivity index (χ1) is 18.6. The van der Waals surface area contributed by atoms with Gasteiger partial charge in [-0.25, -0.2) is 18.7 Å². The molecule has 2 saturated heterocycles. The molecule has 0 bridgehead atoms. The highest BCUT2D eigenvalue weighted by Crippen LogP contribution is 2.31. The maximum Gasteiger partial charge on any atom is 0.223 e. The topological polar surface area (TPSA) is 113 Å². The van der Waals surface area contributed by atoms with Crippen LogP contribution in [0.25, 0.3) is 22.2 Å². The summed E-state index contributed by atoms with van der Waals surface area (Å²) < 4.78 is 37.8. The van der Waals surface area contributed by atoms with Crippen molar-refractivity contribution >= 4 is 16.9 Å². The van der Waals surface area contributed by atoms with Crippen LogP contribution in [0.15, 0.2) is 23.1 Å². The van der Waals surface area contributed by atoms with Crippen molar-refractivity contribution in [3.63, 3.8) is 0 Å². The minimum absolute atomic E-state index is 0.0504. The van der Waals surface area contributed by atoms with Crippen molar-refractivity contribution in [1.29, 1.82) is 0 Å². The quantitative estimate of drug-likeness (QED) is 0.435. The van der Waals surface area contributed by atoms with E-state index in [9.17, 15) is 15.0 Å². The highest BCUT2D eigenvalue weighted by atomic mass is 19.1. The molecule has 3 atom stereocenters. The largest absolute Gasteiger partial charge is 0.392 e. The number of β-amino-alcohol motifs (C(OH)–C–C–N with tert-alkyl or cyclic N) is 1. The van der Waals surface area contributed by atoms with E-state index in [1.807, 2.05) is 18.4 Å². The molecule has 3 N–H and O–H groups in total. The lowest BCUT2D eigenvalue weighted by Gasteiger charge is -2.32. The van der Waals surface area contributed by atoms with Gasteiger partial charge in [-0.2, -0.15) is 0 Å². The number of likely N-dealkylation sites (tertiary alicyclic amines) is 1. The number of benzene rings is 1. The molecular formula is C28H35F2N5O4. The molecule has 2 aromatic heterocycles. The number of hydrogen-bond acceptors (Lipinski definition) is 8. The summed E-state index contributed by atoms with van der Waals surface area (Å²) in [6.07, 6.45) is 1.95. The molecule has 0 saturated carbocycles. The van der Waals surface area contributed by atoms with Crippen LogP contribution in [0.5, 0.6) is 0 Å². The third-order valence-electron chi connectivity index (χ3n) is 7.65. The summed E-state index contributed by atoms with van der Waals surface area (Å²) in [6.45, 7) is 7.97. The molecule has 0 amide bonds. The molecule has 39 heavy (non-hydrogen) atoms. The number of nitrogens with zero attached hydrogens (tertiary/aromatic N) is 4. The molecule has 0 aliphatic carbocycles. The third kappa shape index (κ3) is 5.54. The zero-order valence-corrected chi connectivity index (χ0v) is 22.5. The van der Waals surface area contributed by atoms with E-state index < -0.39 is 29.3 Å². The van der Waals surface area contributed by atoms with Gasteiger partial charge in [-0.3, -0.25) is 9.69 Å². The molecule has 9 nitrogen and oxygen atoms in total. The van der Waals surface area contributed by atoms with E-state index in [0.29, 0.717) is 37.2 Å². The fourth-order valence-corrected chi connectivity index (χ4v) is 5.66. The van der Waals surface area contributed by atoms with E-state index in [1.165, 1.54) is 0 Å². The van der Waals surface area contributed by atoms with Crippen molar-refractivity contribution in [2.45, 2.75) is 70.9 Å². The van der Waals surface area contributed by atoms with Crippen LogP contribution in [0.3, 0.4) is 0 Å². The highest BCUT2D eigenvalue weighted by Gasteiger charge is 2.26. The summed E-state index contributed by atoms with van der Waals surface area (Å²) >= 11 is 0. The van der Waals surface area contributed by atoms with Gasteiger partial charge in [-0.1, -0.05) is 0 Å². The first-order valence-electron chi connectivity index (χ1n) is 13.5. The van der Waals surface area contributed by atoms with E-state index in [0.717, 1.165) is 37.3 Å². The molecule has 4 heterocycles. The molecule has 2 fully saturated rings. The Morgan fingerprint density at radius 2 is 2.00 bits per heavy atom. The molecule has 210 valence electrons. The van der Waals surface area contributed by atoms with Gasteiger partial charge in [0.1, 0.15) is 11.5 Å². The molecule has 11 heteroatoms. The van der Waals surface area contributed by atoms with Crippen molar-refractivity contribution in [3.05, 3.63) is 51.4 Å². The Hall–Kier alpha value is -2.99. The Morgan fingerprint density at radius 1 is 1.21 bits per heavy atom. The molecule has 2 aliphatic rings. The number of pyridine rings is 1. The molecular weight excluding hydrogens is 508 g/mol. The molecule has 2 aliphatic heterocycles. The van der Waals surface area contributed by atoms with Crippen molar-refractivity contribution in [2.75, 3.05) is 31.6 Å². The summed E-state index contributed by atoms with van der Waals surface area (Å²) in [4.78, 5) is 23.8. The average Bonchev–Trinajstić information content (AvgIpc) is 2.89. The fourth-order valence-electron chi connectivity index (χ4n) is 5.66. The first-order valence-corrected chi connectivity index (χ1v) is 13.5. The van der Waals surface area contributed by atoms with E-state index in [-0.39, 0.29) is 41.3 Å². The summed E-state index contributed by atoms with van der Waals surface area (Å²) in [6, 6.07) is 2.24. The van der Waals surface area contributed by atoms with Crippen LogP contribution >= 0.6 is 0 Å². The third-order valence-corrected chi connectivity index (χ3v) is 7.65. The van der Waals surface area contributed by atoms with Crippen molar-refractivity contribution in [2.24, 2.45) is 0 Å². The normalized spacial score (nSPS) is 22.5. The number of rotatable bonds is 6. The summed E-state index contributed by atoms with van der Waals surface area (Å²) in [5.41, 5.74) is 1.21. The summed E-state index contributed by atoms with van der Waals surface area (Å²) in [5, 5.41) is 23.3. The molecule has 0 unspecified atom stereocenters. The second-order valence-corrected chi connectivity index (χ2v) is 10.8. The fraction of sp³-hybridized carbons (Fsp3) is 0.536. The van der Waals surface area contributed by atoms with Gasteiger partial charge >= 0.3 is 0 Å². The monoisotopic (exact) mass is 543 g/mol. The van der Waals surface area contributed by atoms with E-state index >= 15 is 8.78 Å². The van der Waals surface area contributed by atoms with Crippen molar-refractivity contribution in [3.8, 4) is 11.3 Å². The minimum Gasteiger partial charge on any atom is -0.392 e. The number of hydrogen-bond donors (Lipinski definition) is 3. The standard InChI is InChI=1S/C28H35F2N5O4/c1-15(2)35-22-10-17(26-20(30)11-31-28(33-26)32-21-6-8-39-14-24(21)37)9-19(29)25(22)27(38)16(3)23(35)13-34-7-4-5-18(36)12-34/h9-11,15,18,21,24,36-37H,4-8,12-14H2,1-3H3,(H,31,32,33)/t18-,21+,24+/m0/s1. The van der Waals surface area contributed by atoms with Gasteiger partial charge in [0.05, 0.1) is 42.0 Å². The lowest BCUT2D eigenvalue weighted by molar-refractivity contribution is -0.0136. The van der Waals surface area contributed by atoms with Crippen LogP contribution in [-0.4, -0.2) is 74.2 Å². The summed E-state index contributed by atoms with van der Waals surface area (Å²) in [5.74, 6) is -1.38. The second kappa shape index (κ2) is 11.2. The number of halogens is 2. The van der Waals surface area contributed by atoms with Crippen molar-refractivity contribution < 1.29 is 23.7 Å². The predicted molar refractivity (Wildman–Crippen MR) is 144 cm³/mol. The van der Waals surface area contributed by atoms with Gasteiger partial charge in [0.2, 0.25) is 5.95 Å².